The summed E-state index contributed by atoms with van der Waals surface area (Å²) in [4.78, 5) is 39.4. The van der Waals surface area contributed by atoms with Crippen LogP contribution in [0.5, 0.6) is 0 Å². The fourth-order valence-electron chi connectivity index (χ4n) is 15.4. The number of hydrogen-bond acceptors (Lipinski definition) is 32. The van der Waals surface area contributed by atoms with Crippen molar-refractivity contribution in [3.05, 3.63) is 12.2 Å². The van der Waals surface area contributed by atoms with Crippen LogP contribution in [0.3, 0.4) is 0 Å². The first-order valence-electron chi connectivity index (χ1n) is 41.8. The lowest BCUT2D eigenvalue weighted by Gasteiger charge is -2.51. The highest BCUT2D eigenvalue weighted by molar-refractivity contribution is 5.76. The molecule has 35 nitrogen and oxygen atoms in total. The van der Waals surface area contributed by atoms with E-state index in [1.54, 1.807) is 6.08 Å². The first-order chi connectivity index (χ1) is 54.3. The molecule has 0 aliphatic carbocycles. The van der Waals surface area contributed by atoms with E-state index in [-0.39, 0.29) is 12.3 Å². The Balaban J connectivity index is 1.08. The van der Waals surface area contributed by atoms with Gasteiger partial charge in [0.05, 0.1) is 57.9 Å². The van der Waals surface area contributed by atoms with Gasteiger partial charge in [-0.25, -0.2) is 0 Å². The average molecular weight is 1630 g/mol. The van der Waals surface area contributed by atoms with Crippen LogP contribution in [0.1, 0.15) is 227 Å². The van der Waals surface area contributed by atoms with Gasteiger partial charge >= 0.3 is 0 Å². The zero-order valence-corrected chi connectivity index (χ0v) is 66.8. The summed E-state index contributed by atoms with van der Waals surface area (Å²) in [5, 5.41) is 198. The molecule has 660 valence electrons. The molecule has 0 aromatic heterocycles. The molecule has 0 spiro atoms. The van der Waals surface area contributed by atoms with Crippen LogP contribution < -0.4 is 16.0 Å². The molecule has 20 N–H and O–H groups in total. The van der Waals surface area contributed by atoms with Gasteiger partial charge in [-0.15, -0.1) is 0 Å². The van der Waals surface area contributed by atoms with Crippen LogP contribution in [0.2, 0.25) is 0 Å². The largest absolute Gasteiger partial charge is 0.394 e. The smallest absolute Gasteiger partial charge is 0.220 e. The molecule has 35 heteroatoms. The van der Waals surface area contributed by atoms with Gasteiger partial charge in [0.1, 0.15) is 140 Å². The van der Waals surface area contributed by atoms with E-state index >= 15 is 0 Å². The van der Waals surface area contributed by atoms with Crippen LogP contribution in [0.4, 0.5) is 0 Å². The lowest BCUT2D eigenvalue weighted by molar-refractivity contribution is -0.385. The normalized spacial score (nSPS) is 37.0. The second kappa shape index (κ2) is 52.9. The summed E-state index contributed by atoms with van der Waals surface area (Å²) in [6.45, 7) is 2.41. The van der Waals surface area contributed by atoms with Crippen LogP contribution in [0, 0.1) is 0 Å². The van der Waals surface area contributed by atoms with Gasteiger partial charge in [-0.05, 0) is 26.2 Å². The molecule has 12 unspecified atom stereocenters. The topological polar surface area (TPSA) is 542 Å². The minimum absolute atomic E-state index is 0.183. The molecule has 6 saturated heterocycles. The first-order valence-corrected chi connectivity index (χ1v) is 41.8. The number of carbonyl (C=O) groups excluding carboxylic acids is 3. The maximum absolute atomic E-state index is 13.5. The fourth-order valence-corrected chi connectivity index (χ4v) is 15.4. The number of nitrogens with one attached hydrogen (secondary N) is 3. The van der Waals surface area contributed by atoms with Crippen molar-refractivity contribution < 1.29 is 158 Å². The van der Waals surface area contributed by atoms with E-state index in [0.29, 0.717) is 12.8 Å². The van der Waals surface area contributed by atoms with Gasteiger partial charge in [-0.2, -0.15) is 0 Å². The molecule has 32 atom stereocenters. The lowest BCUT2D eigenvalue weighted by Crippen LogP contribution is -2.71. The molecular weight excluding hydrogens is 1490 g/mol. The van der Waals surface area contributed by atoms with Gasteiger partial charge in [0.2, 0.25) is 17.7 Å². The Morgan fingerprint density at radius 3 is 1.12 bits per heavy atom. The molecule has 6 fully saturated rings. The predicted octanol–water partition coefficient (Wildman–Crippen LogP) is -0.616. The minimum atomic E-state index is -2.26. The summed E-state index contributed by atoms with van der Waals surface area (Å²) in [5.41, 5.74) is 0. The van der Waals surface area contributed by atoms with Crippen molar-refractivity contribution in [3.63, 3.8) is 0 Å². The zero-order valence-electron chi connectivity index (χ0n) is 66.8. The molecule has 3 amide bonds. The van der Waals surface area contributed by atoms with Crippen LogP contribution in [0.15, 0.2) is 12.2 Å². The van der Waals surface area contributed by atoms with E-state index < -0.39 is 248 Å². The van der Waals surface area contributed by atoms with E-state index in [4.69, 9.17) is 56.8 Å². The zero-order chi connectivity index (χ0) is 82.7. The van der Waals surface area contributed by atoms with Gasteiger partial charge in [-0.1, -0.05) is 193 Å². The number of amides is 3. The van der Waals surface area contributed by atoms with Crippen molar-refractivity contribution in [2.24, 2.45) is 0 Å². The highest BCUT2D eigenvalue weighted by Gasteiger charge is 2.59. The Bertz CT molecular complexity index is 2610. The maximum atomic E-state index is 13.5. The van der Waals surface area contributed by atoms with E-state index in [2.05, 4.69) is 29.8 Å². The third-order valence-electron chi connectivity index (χ3n) is 22.2. The molecule has 6 heterocycles. The summed E-state index contributed by atoms with van der Waals surface area (Å²) in [5.74, 6) is -2.01. The second-order valence-corrected chi connectivity index (χ2v) is 31.3. The first kappa shape index (κ1) is 98.8. The Kier molecular flexibility index (Phi) is 46.3. The van der Waals surface area contributed by atoms with Crippen LogP contribution in [-0.4, -0.2) is 340 Å². The molecule has 113 heavy (non-hydrogen) atoms. The minimum Gasteiger partial charge on any atom is -0.394 e. The summed E-state index contributed by atoms with van der Waals surface area (Å²) in [6, 6.07) is -4.57. The van der Waals surface area contributed by atoms with Crippen molar-refractivity contribution in [2.75, 3.05) is 39.6 Å². The summed E-state index contributed by atoms with van der Waals surface area (Å²) >= 11 is 0. The molecule has 0 radical (unpaired) electrons. The highest BCUT2D eigenvalue weighted by atomic mass is 16.8. The monoisotopic (exact) mass is 1630 g/mol. The van der Waals surface area contributed by atoms with Crippen molar-refractivity contribution in [2.45, 2.75) is 424 Å². The van der Waals surface area contributed by atoms with E-state index in [0.717, 1.165) is 65.2 Å². The van der Waals surface area contributed by atoms with Crippen LogP contribution >= 0.6 is 0 Å². The molecule has 6 aliphatic rings. The van der Waals surface area contributed by atoms with Gasteiger partial charge in [-0.3, -0.25) is 14.4 Å². The molecule has 0 aromatic carbocycles. The van der Waals surface area contributed by atoms with Crippen molar-refractivity contribution >= 4 is 17.7 Å². The Morgan fingerprint density at radius 1 is 0.363 bits per heavy atom. The third kappa shape index (κ3) is 30.6. The lowest BCUT2D eigenvalue weighted by atomic mass is 9.93. The Hall–Kier alpha value is -3.01. The number of hydrogen-bond donors (Lipinski definition) is 20. The Morgan fingerprint density at radius 2 is 0.690 bits per heavy atom. The highest BCUT2D eigenvalue weighted by Crippen LogP contribution is 2.38. The number of allylic oxidation sites excluding steroid dienone is 1. The van der Waals surface area contributed by atoms with Gasteiger partial charge in [0.25, 0.3) is 0 Å². The Labute approximate surface area is 664 Å². The van der Waals surface area contributed by atoms with Gasteiger partial charge < -0.3 is 160 Å². The van der Waals surface area contributed by atoms with Crippen molar-refractivity contribution in [3.8, 4) is 0 Å². The second-order valence-electron chi connectivity index (χ2n) is 31.3. The third-order valence-corrected chi connectivity index (χ3v) is 22.2. The van der Waals surface area contributed by atoms with E-state index in [1.807, 2.05) is 6.08 Å². The molecule has 0 bridgehead atoms. The number of carbonyl (C=O) groups is 3. The summed E-state index contributed by atoms with van der Waals surface area (Å²) in [6.07, 6.45) is -16.5. The SMILES string of the molecule is CCCCCCCCCCCCC/C=C/[C@@H](O)[C@H](CO[C@@H]1OC(CO)[C@@H](O[C@@H]2OC(CO)[C@H](O[C@@H]3OC(CO)[C@H](O)[C@H](O[C@@H]4OC(CO)[C@H](O)[C@H](O[C@@H]5OC(CO)[C@@H](O)[C@H](O[C@H]6OC(C)[C@@H](O)C(O)[C@@H]6O)C5NC(C)=O)C4O)C3NC(C)=O)[C@H](O)C2O)[C@H](O)C1O)NC(=O)CCCCCCCCCCCCCCCCCCC. The number of aliphatic hydroxyl groups excluding tert-OH is 17. The maximum Gasteiger partial charge on any atom is 0.220 e. The van der Waals surface area contributed by atoms with Crippen molar-refractivity contribution in [1.29, 1.82) is 0 Å². The van der Waals surface area contributed by atoms with E-state index in [1.165, 1.54) is 129 Å². The van der Waals surface area contributed by atoms with E-state index in [9.17, 15) is 101 Å². The quantitative estimate of drug-likeness (QED) is 0.0267. The predicted molar refractivity (Wildman–Crippen MR) is 402 cm³/mol. The standard InChI is InChI=1S/C78H141N3O32/c1-6-8-10-12-14-16-18-20-21-22-23-25-27-29-31-33-35-37-54(90)81-47(48(89)36-34-32-30-28-26-24-19-17-15-13-11-9-7-2)43-102-75-65(99)62(96)69(52(41-85)107-75)110-77-66(100)63(97)68(53(42-86)108-77)109-73-55(79-45(4)87)71(59(93)49(38-82)104-73)112-78-67(101)72(60(94)51(40-84)106-78)113-74-56(80-46(5)88)70(58(92)50(39-83)105-74)111-76-64(98)61(95)57(91)44(3)103-76/h34,36,44,47-53,55-78,82-86,89,91-101H,6-33,35,37-43H2,1-5H3,(H,79,87)(H,80,88)(H,81,90)/b36-34+/t44?,47-,48+,49?,50?,51?,52?,53?,55?,56?,57+,58+,59-,60-,61?,62+,63+,64-,65?,66?,67?,68-,69+,70+,71+,72-,73-,74-,75+,76+,77-,78-/m0/s1. The van der Waals surface area contributed by atoms with Gasteiger partial charge in [0.15, 0.2) is 37.7 Å². The number of unbranched alkanes of at least 4 members (excludes halogenated alkanes) is 27. The molecule has 0 saturated carbocycles. The summed E-state index contributed by atoms with van der Waals surface area (Å²) in [7, 11) is 0. The van der Waals surface area contributed by atoms with Crippen molar-refractivity contribution in [1.82, 2.24) is 16.0 Å². The van der Waals surface area contributed by atoms with Gasteiger partial charge in [0, 0.05) is 20.3 Å². The fraction of sp³-hybridized carbons (Fsp3) is 0.936. The molecule has 0 aromatic rings. The number of aliphatic hydroxyl groups is 17. The number of ether oxygens (including phenoxy) is 12. The summed E-state index contributed by atoms with van der Waals surface area (Å²) < 4.78 is 71.4. The van der Waals surface area contributed by atoms with Crippen LogP contribution in [-0.2, 0) is 71.2 Å². The molecular formula is C78H141N3O32. The molecule has 6 rings (SSSR count). The van der Waals surface area contributed by atoms with Crippen LogP contribution in [0.25, 0.3) is 0 Å². The average Bonchev–Trinajstić information content (AvgIpc) is 0.766. The number of rotatable bonds is 53. The molecule has 6 aliphatic heterocycles.